The molecule has 3 aliphatic rings. The van der Waals surface area contributed by atoms with Gasteiger partial charge in [0.1, 0.15) is 18.2 Å². The van der Waals surface area contributed by atoms with Gasteiger partial charge in [-0.3, -0.25) is 14.4 Å². The lowest BCUT2D eigenvalue weighted by Gasteiger charge is -2.43. The van der Waals surface area contributed by atoms with Crippen LogP contribution in [0.5, 0.6) is 0 Å². The zero-order chi connectivity index (χ0) is 26.7. The minimum Gasteiger partial charge on any atom is -0.326 e. The van der Waals surface area contributed by atoms with Crippen molar-refractivity contribution in [2.45, 2.75) is 51.0 Å². The highest BCUT2D eigenvalue weighted by Crippen LogP contribution is 2.47. The quantitative estimate of drug-likeness (QED) is 0.537. The Kier molecular flexibility index (Phi) is 5.59. The number of aromatic nitrogens is 1. The van der Waals surface area contributed by atoms with E-state index < -0.39 is 10.8 Å². The molecule has 0 saturated carbocycles. The van der Waals surface area contributed by atoms with Crippen molar-refractivity contribution in [3.8, 4) is 0 Å². The maximum absolute atomic E-state index is 14.0. The fourth-order valence-corrected chi connectivity index (χ4v) is 6.23. The Morgan fingerprint density at radius 3 is 2.74 bits per heavy atom. The first-order valence-electron chi connectivity index (χ1n) is 12.9. The second-order valence-electron chi connectivity index (χ2n) is 11.2. The van der Waals surface area contributed by atoms with Crippen LogP contribution in [0.4, 0.5) is 15.9 Å². The number of hydrogen-bond donors (Lipinski definition) is 2. The van der Waals surface area contributed by atoms with Gasteiger partial charge in [0.2, 0.25) is 17.7 Å². The van der Waals surface area contributed by atoms with E-state index in [1.807, 2.05) is 44.2 Å². The van der Waals surface area contributed by atoms with Crippen LogP contribution < -0.4 is 10.6 Å². The number of hydrogen-bond acceptors (Lipinski definition) is 4. The summed E-state index contributed by atoms with van der Waals surface area (Å²) in [7, 11) is 0. The molecule has 2 aromatic carbocycles. The Morgan fingerprint density at radius 2 is 1.92 bits per heavy atom. The van der Waals surface area contributed by atoms with Gasteiger partial charge in [0.05, 0.1) is 11.5 Å². The van der Waals surface area contributed by atoms with Crippen molar-refractivity contribution in [3.05, 3.63) is 88.9 Å². The molecule has 1 fully saturated rings. The lowest BCUT2D eigenvalue weighted by atomic mass is 9.78. The fraction of sp³-hybridized carbons (Fsp3) is 0.333. The number of nitrogens with one attached hydrogen (secondary N) is 2. The van der Waals surface area contributed by atoms with Crippen LogP contribution in [0.25, 0.3) is 0 Å². The van der Waals surface area contributed by atoms with Crippen molar-refractivity contribution < 1.29 is 18.8 Å². The van der Waals surface area contributed by atoms with Gasteiger partial charge in [0, 0.05) is 22.9 Å². The molecular formula is C30H29FN4O3. The Morgan fingerprint density at radius 1 is 1.11 bits per heavy atom. The van der Waals surface area contributed by atoms with E-state index in [0.29, 0.717) is 42.8 Å². The molecule has 1 aliphatic carbocycles. The van der Waals surface area contributed by atoms with Crippen molar-refractivity contribution in [1.82, 2.24) is 9.88 Å². The summed E-state index contributed by atoms with van der Waals surface area (Å²) in [6.07, 6.45) is 4.07. The van der Waals surface area contributed by atoms with E-state index in [4.69, 9.17) is 0 Å². The Hall–Kier alpha value is -4.07. The number of pyridine rings is 1. The van der Waals surface area contributed by atoms with Crippen LogP contribution in [0, 0.1) is 11.2 Å². The van der Waals surface area contributed by atoms with Crippen LogP contribution >= 0.6 is 0 Å². The number of likely N-dealkylation sites (tertiary alicyclic amines) is 1. The smallest absolute Gasteiger partial charge is 0.244 e. The summed E-state index contributed by atoms with van der Waals surface area (Å²) in [4.78, 5) is 45.4. The average Bonchev–Trinajstić information content (AvgIpc) is 3.39. The van der Waals surface area contributed by atoms with Gasteiger partial charge < -0.3 is 15.5 Å². The Balaban J connectivity index is 1.21. The zero-order valence-electron chi connectivity index (χ0n) is 21.4. The predicted octanol–water partition coefficient (Wildman–Crippen LogP) is 4.54. The number of halogens is 1. The predicted molar refractivity (Wildman–Crippen MR) is 141 cm³/mol. The van der Waals surface area contributed by atoms with Gasteiger partial charge in [-0.15, -0.1) is 0 Å². The van der Waals surface area contributed by atoms with Crippen LogP contribution in [0.15, 0.2) is 60.8 Å². The standard InChI is InChI=1S/C30H29FN4O3/c1-29(2)11-10-24(18-5-3-6-21(31)13-18)35(28(29)38)17-25(36)33-22-9-8-19-15-30(16-20(19)14-22)23-7-4-12-32-26(23)34-27(30)37/h3-9,12-14,24H,10-11,15-17H2,1-2H3,(H,33,36)(H,32,34,37)/t24-,30?/m0/s1. The molecule has 1 unspecified atom stereocenters. The summed E-state index contributed by atoms with van der Waals surface area (Å²) >= 11 is 0. The average molecular weight is 513 g/mol. The van der Waals surface area contributed by atoms with E-state index in [0.717, 1.165) is 16.7 Å². The first-order valence-corrected chi connectivity index (χ1v) is 12.9. The normalized spacial score (nSPS) is 23.2. The maximum atomic E-state index is 14.0. The molecule has 2 atom stereocenters. The van der Waals surface area contributed by atoms with E-state index in [2.05, 4.69) is 15.6 Å². The summed E-state index contributed by atoms with van der Waals surface area (Å²) in [5, 5.41) is 5.85. The number of benzene rings is 2. The number of carbonyl (C=O) groups is 3. The van der Waals surface area contributed by atoms with Gasteiger partial charge in [-0.2, -0.15) is 0 Å². The topological polar surface area (TPSA) is 91.4 Å². The molecule has 1 spiro atoms. The number of anilines is 2. The van der Waals surface area contributed by atoms with E-state index in [9.17, 15) is 18.8 Å². The summed E-state index contributed by atoms with van der Waals surface area (Å²) in [5.41, 5.74) is 2.99. The lowest BCUT2D eigenvalue weighted by molar-refractivity contribution is -0.150. The molecule has 1 aromatic heterocycles. The van der Waals surface area contributed by atoms with Crippen molar-refractivity contribution in [3.63, 3.8) is 0 Å². The molecule has 3 aromatic rings. The highest BCUT2D eigenvalue weighted by Gasteiger charge is 2.51. The SMILES string of the molecule is CC1(C)CC[C@@H](c2cccc(F)c2)N(CC(=O)Nc2ccc3c(c2)CC2(C3)C(=O)Nc3ncccc32)C1=O. The van der Waals surface area contributed by atoms with Crippen LogP contribution in [-0.2, 0) is 32.6 Å². The molecule has 2 aliphatic heterocycles. The molecular weight excluding hydrogens is 483 g/mol. The fourth-order valence-electron chi connectivity index (χ4n) is 6.23. The van der Waals surface area contributed by atoms with E-state index in [1.165, 1.54) is 12.1 Å². The largest absolute Gasteiger partial charge is 0.326 e. The third-order valence-electron chi connectivity index (χ3n) is 8.27. The summed E-state index contributed by atoms with van der Waals surface area (Å²) in [6, 6.07) is 15.3. The number of fused-ring (bicyclic) bond motifs is 3. The molecule has 2 N–H and O–H groups in total. The molecule has 8 heteroatoms. The van der Waals surface area contributed by atoms with Crippen LogP contribution in [0.2, 0.25) is 0 Å². The molecule has 0 radical (unpaired) electrons. The van der Waals surface area contributed by atoms with E-state index >= 15 is 0 Å². The molecule has 3 amide bonds. The molecule has 6 rings (SSSR count). The number of nitrogens with zero attached hydrogens (tertiary/aromatic N) is 2. The van der Waals surface area contributed by atoms with Crippen molar-refractivity contribution in [1.29, 1.82) is 0 Å². The monoisotopic (exact) mass is 512 g/mol. The number of carbonyl (C=O) groups excluding carboxylic acids is 3. The lowest BCUT2D eigenvalue weighted by Crippen LogP contribution is -2.50. The number of piperidine rings is 1. The van der Waals surface area contributed by atoms with Crippen molar-refractivity contribution in [2.24, 2.45) is 5.41 Å². The van der Waals surface area contributed by atoms with Crippen LogP contribution in [0.3, 0.4) is 0 Å². The summed E-state index contributed by atoms with van der Waals surface area (Å²) in [5.74, 6) is -0.250. The first-order chi connectivity index (χ1) is 18.2. The van der Waals surface area contributed by atoms with Crippen LogP contribution in [-0.4, -0.2) is 34.2 Å². The number of amides is 3. The van der Waals surface area contributed by atoms with Crippen molar-refractivity contribution in [2.75, 3.05) is 17.2 Å². The maximum Gasteiger partial charge on any atom is 0.244 e. The Bertz CT molecular complexity index is 1490. The highest BCUT2D eigenvalue weighted by molar-refractivity contribution is 6.06. The van der Waals surface area contributed by atoms with Gasteiger partial charge in [-0.05, 0) is 72.7 Å². The minimum atomic E-state index is -0.682. The van der Waals surface area contributed by atoms with Gasteiger partial charge in [-0.1, -0.05) is 38.1 Å². The summed E-state index contributed by atoms with van der Waals surface area (Å²) in [6.45, 7) is 3.63. The number of rotatable bonds is 4. The second-order valence-corrected chi connectivity index (χ2v) is 11.2. The zero-order valence-corrected chi connectivity index (χ0v) is 21.4. The van der Waals surface area contributed by atoms with Crippen molar-refractivity contribution >= 4 is 29.2 Å². The molecule has 0 bridgehead atoms. The summed E-state index contributed by atoms with van der Waals surface area (Å²) < 4.78 is 14.0. The third-order valence-corrected chi connectivity index (χ3v) is 8.27. The van der Waals surface area contributed by atoms with Gasteiger partial charge in [-0.25, -0.2) is 9.37 Å². The van der Waals surface area contributed by atoms with E-state index in [1.54, 1.807) is 23.2 Å². The molecule has 194 valence electrons. The van der Waals surface area contributed by atoms with Gasteiger partial charge in [0.25, 0.3) is 0 Å². The van der Waals surface area contributed by atoms with Crippen LogP contribution in [0.1, 0.15) is 55.0 Å². The minimum absolute atomic E-state index is 0.0531. The Labute approximate surface area is 220 Å². The highest BCUT2D eigenvalue weighted by atomic mass is 19.1. The molecule has 38 heavy (non-hydrogen) atoms. The van der Waals surface area contributed by atoms with Gasteiger partial charge in [0.15, 0.2) is 0 Å². The first kappa shape index (κ1) is 24.3. The molecule has 3 heterocycles. The third kappa shape index (κ3) is 3.95. The van der Waals surface area contributed by atoms with E-state index in [-0.39, 0.29) is 36.1 Å². The molecule has 7 nitrogen and oxygen atoms in total. The second kappa shape index (κ2) is 8.75. The molecule has 1 saturated heterocycles. The van der Waals surface area contributed by atoms with Gasteiger partial charge >= 0.3 is 0 Å².